The Balaban J connectivity index is 0.000001000. The third kappa shape index (κ3) is 1.71. The Morgan fingerprint density at radius 3 is 2.00 bits per heavy atom. The van der Waals surface area contributed by atoms with Crippen molar-refractivity contribution in [2.75, 3.05) is 0 Å². The summed E-state index contributed by atoms with van der Waals surface area (Å²) in [7, 11) is -1.60. The van der Waals surface area contributed by atoms with Crippen LogP contribution in [0.3, 0.4) is 0 Å². The minimum Gasteiger partial charge on any atom is -0.508 e. The molecule has 0 heterocycles. The van der Waals surface area contributed by atoms with Crippen LogP contribution in [0, 0.1) is 0 Å². The largest absolute Gasteiger partial charge is 0.508 e. The average Bonchev–Trinajstić information content (AvgIpc) is 1.88. The molecule has 1 aromatic rings. The Bertz CT molecular complexity index is 229. The van der Waals surface area contributed by atoms with Crippen molar-refractivity contribution in [3.63, 3.8) is 0 Å². The van der Waals surface area contributed by atoms with Crippen molar-refractivity contribution in [3.8, 4) is 5.75 Å². The summed E-state index contributed by atoms with van der Waals surface area (Å²) in [5.74, 6) is -0.0995. The number of aromatic hydroxyl groups is 1. The van der Waals surface area contributed by atoms with Crippen LogP contribution in [0.5, 0.6) is 5.75 Å². The first-order valence-electron chi connectivity index (χ1n) is 2.86. The topological polar surface area (TPSA) is 60.7 Å². The van der Waals surface area contributed by atoms with Gasteiger partial charge < -0.3 is 15.2 Å². The summed E-state index contributed by atoms with van der Waals surface area (Å²) >= 11 is 0. The smallest absolute Gasteiger partial charge is 0.492 e. The van der Waals surface area contributed by atoms with Crippen LogP contribution in [0.2, 0.25) is 0 Å². The van der Waals surface area contributed by atoms with Crippen LogP contribution in [0.15, 0.2) is 24.3 Å². The maximum absolute atomic E-state index is 8.96. The molecule has 5 heteroatoms. The van der Waals surface area contributed by atoms with Gasteiger partial charge in [-0.05, 0) is 6.07 Å². The first-order chi connectivity index (χ1) is 4.72. The predicted octanol–water partition coefficient (Wildman–Crippen LogP) is -0.928. The maximum Gasteiger partial charge on any atom is 0.492 e. The van der Waals surface area contributed by atoms with Crippen LogP contribution in [0.1, 0.15) is 0 Å². The molecule has 3 N–H and O–H groups in total. The van der Waals surface area contributed by atoms with Crippen molar-refractivity contribution >= 4 is 12.6 Å². The van der Waals surface area contributed by atoms with Crippen molar-refractivity contribution in [1.82, 2.24) is 0 Å². The molecule has 0 unspecified atom stereocenters. The molecular weight excluding hydrogens is 398 g/mol. The van der Waals surface area contributed by atoms with Crippen LogP contribution in [-0.4, -0.2) is 22.3 Å². The van der Waals surface area contributed by atoms with E-state index in [0.717, 1.165) is 0 Å². The van der Waals surface area contributed by atoms with E-state index in [1.807, 2.05) is 0 Å². The van der Waals surface area contributed by atoms with Crippen LogP contribution in [0.25, 0.3) is 0 Å². The van der Waals surface area contributed by atoms with Crippen molar-refractivity contribution in [3.05, 3.63) is 24.3 Å². The molecule has 3 nitrogen and oxygen atoms in total. The van der Waals surface area contributed by atoms with Crippen molar-refractivity contribution in [2.24, 2.45) is 0 Å². The molecule has 0 bridgehead atoms. The van der Waals surface area contributed by atoms with E-state index in [2.05, 4.69) is 0 Å². The molecule has 0 radical (unpaired) electrons. The first kappa shape index (κ1) is 9.00. The quantitative estimate of drug-likeness (QED) is 0.530. The van der Waals surface area contributed by atoms with Gasteiger partial charge in [0.2, 0.25) is 0 Å². The van der Waals surface area contributed by atoms with Crippen LogP contribution >= 0.6 is 0 Å². The third-order valence-electron chi connectivity index (χ3n) is 1.21. The first-order valence-corrected chi connectivity index (χ1v) is 2.86. The number of para-hydroxylation sites is 1. The number of hydrogen-bond donors (Lipinski definition) is 3. The van der Waals surface area contributed by atoms with Gasteiger partial charge in [0.05, 0.1) is 0 Å². The summed E-state index contributed by atoms with van der Waals surface area (Å²) in [4.78, 5) is 0. The summed E-state index contributed by atoms with van der Waals surface area (Å²) in [5.41, 5.74) is 0.127. The molecule has 11 heavy (non-hydrogen) atoms. The predicted molar refractivity (Wildman–Crippen MR) is 37.9 cm³/mol. The number of benzene rings is 1. The minimum atomic E-state index is -1.60. The molecule has 0 spiro atoms. The Morgan fingerprint density at radius 2 is 1.64 bits per heavy atom. The Labute approximate surface area is 58.7 Å². The average molecular weight is 405 g/mol. The van der Waals surface area contributed by atoms with Gasteiger partial charge in [0.15, 0.2) is 0 Å². The molecule has 0 saturated heterocycles. The number of phenols is 1. The Morgan fingerprint density at radius 1 is 1.09 bits per heavy atom. The van der Waals surface area contributed by atoms with Gasteiger partial charge >= 0.3 is 7.12 Å². The number of hydrogen-bond acceptors (Lipinski definition) is 3. The van der Waals surface area contributed by atoms with E-state index in [9.17, 15) is 0 Å². The number of rotatable bonds is 1. The Hall–Kier alpha value is -2.00. The fourth-order valence-corrected chi connectivity index (χ4v) is 0.706. The van der Waals surface area contributed by atoms with Crippen molar-refractivity contribution < 1.29 is 15.2 Å². The Kier molecular flexibility index (Phi) is 2.66. The second kappa shape index (κ2) is 3.24. The second-order valence-electron chi connectivity index (χ2n) is 1.93. The van der Waals surface area contributed by atoms with Crippen LogP contribution < -0.4 is 5.46 Å². The standard InChI is InChI=1S/C6H7BO3.Rf/c8-6-4-2-1-3-5(6)7(9)10;/h1-4,8-10H;. The van der Waals surface area contributed by atoms with Gasteiger partial charge in [0.25, 0.3) is 0 Å². The van der Waals surface area contributed by atoms with Gasteiger partial charge in [0, 0.05) is 5.46 Å². The molecule has 1 aromatic carbocycles. The summed E-state index contributed by atoms with van der Waals surface area (Å²) in [5, 5.41) is 26.2. The molecule has 0 fully saturated rings. The summed E-state index contributed by atoms with van der Waals surface area (Å²) in [6, 6.07) is 6.07. The molecule has 0 saturated carbocycles. The molecule has 54 valence electrons. The van der Waals surface area contributed by atoms with E-state index in [4.69, 9.17) is 15.2 Å². The van der Waals surface area contributed by atoms with Crippen LogP contribution in [0.4, 0.5) is 0 Å². The van der Waals surface area contributed by atoms with Crippen molar-refractivity contribution in [1.29, 1.82) is 0 Å². The van der Waals surface area contributed by atoms with E-state index < -0.39 is 7.12 Å². The molecule has 0 amide bonds. The van der Waals surface area contributed by atoms with E-state index >= 15 is 0 Å². The van der Waals surface area contributed by atoms with Crippen LogP contribution in [-0.2, 0) is 0 Å². The van der Waals surface area contributed by atoms with Crippen molar-refractivity contribution in [2.45, 2.75) is 0 Å². The summed E-state index contributed by atoms with van der Waals surface area (Å²) < 4.78 is 0. The van der Waals surface area contributed by atoms with E-state index in [1.54, 1.807) is 12.1 Å². The minimum absolute atomic E-state index is 0. The van der Waals surface area contributed by atoms with Gasteiger partial charge in [-0.2, -0.15) is 0 Å². The molecule has 0 aliphatic heterocycles. The molecule has 1 rings (SSSR count). The van der Waals surface area contributed by atoms with Gasteiger partial charge in [-0.1, -0.05) is 18.2 Å². The fourth-order valence-electron chi connectivity index (χ4n) is 0.706. The molecule has 0 aliphatic rings. The summed E-state index contributed by atoms with van der Waals surface area (Å²) in [6.45, 7) is 0. The zero-order chi connectivity index (χ0) is 7.56. The SMILES string of the molecule is OB(O)c1ccccc1O.[Rf]. The van der Waals surface area contributed by atoms with E-state index in [-0.39, 0.29) is 11.2 Å². The molecule has 0 aliphatic carbocycles. The normalized spacial score (nSPS) is 8.55. The van der Waals surface area contributed by atoms with E-state index in [1.165, 1.54) is 12.1 Å². The maximum atomic E-state index is 8.96. The second-order valence-corrected chi connectivity index (χ2v) is 1.93. The zero-order valence-corrected chi connectivity index (χ0v) is 12.3. The van der Waals surface area contributed by atoms with Gasteiger partial charge in [-0.15, -0.1) is 0 Å². The number of phenolic OH excluding ortho intramolecular Hbond substituents is 1. The third-order valence-corrected chi connectivity index (χ3v) is 1.21. The van der Waals surface area contributed by atoms with Gasteiger partial charge in [-0.3, -0.25) is 0 Å². The summed E-state index contributed by atoms with van der Waals surface area (Å²) in [6.07, 6.45) is 0. The van der Waals surface area contributed by atoms with Gasteiger partial charge in [-0.25, -0.2) is 0 Å². The van der Waals surface area contributed by atoms with E-state index in [0.29, 0.717) is 0 Å². The monoisotopic (exact) mass is 405 g/mol. The fraction of sp³-hybridized carbons (Fsp3) is 0. The molecule has 0 aromatic heterocycles. The zero-order valence-electron chi connectivity index (χ0n) is 5.94. The molecular formula is C6H7BO3Rf. The van der Waals surface area contributed by atoms with Gasteiger partial charge in [0.1, 0.15) is 5.75 Å². The molecule has 0 atom stereocenters.